The highest BCUT2D eigenvalue weighted by Gasteiger charge is 2.06. The number of fused-ring (bicyclic) bond motifs is 1. The summed E-state index contributed by atoms with van der Waals surface area (Å²) in [5.74, 6) is 0.668. The van der Waals surface area contributed by atoms with Gasteiger partial charge in [0, 0.05) is 36.5 Å². The summed E-state index contributed by atoms with van der Waals surface area (Å²) >= 11 is 0. The Hall–Kier alpha value is -3.14. The van der Waals surface area contributed by atoms with Gasteiger partial charge in [0.15, 0.2) is 0 Å². The Morgan fingerprint density at radius 3 is 2.78 bits per heavy atom. The second-order valence-electron chi connectivity index (χ2n) is 6.79. The Kier molecular flexibility index (Phi) is 4.88. The molecule has 0 atom stereocenters. The van der Waals surface area contributed by atoms with E-state index in [4.69, 9.17) is 9.72 Å². The minimum atomic E-state index is 0.615. The summed E-state index contributed by atoms with van der Waals surface area (Å²) in [4.78, 5) is 4.91. The molecule has 3 aromatic rings. The molecule has 27 heavy (non-hydrogen) atoms. The van der Waals surface area contributed by atoms with Crippen LogP contribution >= 0.6 is 0 Å². The normalized spacial score (nSPS) is 12.7. The molecule has 0 fully saturated rings. The lowest BCUT2D eigenvalue weighted by atomic mass is 10.0. The lowest BCUT2D eigenvalue weighted by Crippen LogP contribution is -2.28. The molecule has 0 spiro atoms. The van der Waals surface area contributed by atoms with Crippen molar-refractivity contribution in [1.29, 1.82) is 0 Å². The molecule has 1 aliphatic carbocycles. The number of benzene rings is 1. The molecule has 0 amide bonds. The fourth-order valence-corrected chi connectivity index (χ4v) is 3.24. The Balaban J connectivity index is 1.49. The predicted molar refractivity (Wildman–Crippen MR) is 109 cm³/mol. The molecule has 0 radical (unpaired) electrons. The number of aromatic nitrogens is 3. The fourth-order valence-electron chi connectivity index (χ4n) is 3.24. The highest BCUT2D eigenvalue weighted by Crippen LogP contribution is 2.20. The van der Waals surface area contributed by atoms with E-state index in [0.29, 0.717) is 12.5 Å². The third-order valence-electron chi connectivity index (χ3n) is 4.69. The van der Waals surface area contributed by atoms with Crippen LogP contribution in [0.15, 0.2) is 54.7 Å². The van der Waals surface area contributed by atoms with Crippen LogP contribution < -0.4 is 15.3 Å². The maximum absolute atomic E-state index is 5.68. The van der Waals surface area contributed by atoms with E-state index in [2.05, 4.69) is 66.7 Å². The van der Waals surface area contributed by atoms with Crippen molar-refractivity contribution >= 4 is 12.2 Å². The van der Waals surface area contributed by atoms with Crippen molar-refractivity contribution in [2.75, 3.05) is 6.61 Å². The summed E-state index contributed by atoms with van der Waals surface area (Å²) in [7, 11) is 1.89. The van der Waals surface area contributed by atoms with Crippen LogP contribution in [0.4, 0.5) is 0 Å². The minimum absolute atomic E-state index is 0.615. The Bertz CT molecular complexity index is 1090. The summed E-state index contributed by atoms with van der Waals surface area (Å²) in [6.45, 7) is 2.74. The molecule has 0 saturated heterocycles. The van der Waals surface area contributed by atoms with Crippen molar-refractivity contribution in [2.45, 2.75) is 19.8 Å². The van der Waals surface area contributed by atoms with Gasteiger partial charge in [0.25, 0.3) is 0 Å². The van der Waals surface area contributed by atoms with Gasteiger partial charge >= 0.3 is 0 Å². The molecule has 136 valence electrons. The van der Waals surface area contributed by atoms with E-state index in [0.717, 1.165) is 29.4 Å². The average molecular weight is 357 g/mol. The number of hydrogen-bond acceptors (Lipinski definition) is 3. The Labute approximate surface area is 159 Å². The van der Waals surface area contributed by atoms with E-state index in [9.17, 15) is 0 Å². The minimum Gasteiger partial charge on any atom is -0.476 e. The summed E-state index contributed by atoms with van der Waals surface area (Å²) in [6, 6.07) is 12.7. The first kappa shape index (κ1) is 17.3. The number of hydrogen-bond donors (Lipinski definition) is 0. The standard InChI is InChI=1S/C23H23N3O/c1-17-16-20-6-4-3-5-7-21(20)24-23(17)19-10-8-18(9-11-19)13-15-27-22-12-14-26(2)25-22/h3-4,6-12,14,16H,5,13,15H2,1-2H3. The van der Waals surface area contributed by atoms with Crippen molar-refractivity contribution in [1.82, 2.24) is 14.8 Å². The highest BCUT2D eigenvalue weighted by molar-refractivity contribution is 5.64. The first-order chi connectivity index (χ1) is 13.2. The topological polar surface area (TPSA) is 39.9 Å². The van der Waals surface area contributed by atoms with Gasteiger partial charge in [-0.3, -0.25) is 4.68 Å². The maximum Gasteiger partial charge on any atom is 0.232 e. The zero-order valence-corrected chi connectivity index (χ0v) is 15.7. The lowest BCUT2D eigenvalue weighted by Gasteiger charge is -2.08. The number of allylic oxidation sites excluding steroid dienone is 2. The first-order valence-electron chi connectivity index (χ1n) is 9.25. The SMILES string of the molecule is Cc1cc2c(nc1-c1ccc(CCOc3ccn(C)n3)cc1)=CCC=CC=2. The van der Waals surface area contributed by atoms with Crippen LogP contribution in [0.2, 0.25) is 0 Å². The predicted octanol–water partition coefficient (Wildman–Crippen LogP) is 2.93. The zero-order chi connectivity index (χ0) is 18.6. The maximum atomic E-state index is 5.68. The number of ether oxygens (including phenoxy) is 1. The molecule has 1 aliphatic rings. The van der Waals surface area contributed by atoms with Gasteiger partial charge in [-0.25, -0.2) is 4.98 Å². The van der Waals surface area contributed by atoms with Crippen molar-refractivity contribution in [3.05, 3.63) is 76.4 Å². The molecule has 1 aromatic carbocycles. The van der Waals surface area contributed by atoms with Crippen molar-refractivity contribution < 1.29 is 4.74 Å². The van der Waals surface area contributed by atoms with Gasteiger partial charge in [0.05, 0.1) is 17.6 Å². The van der Waals surface area contributed by atoms with E-state index in [1.165, 1.54) is 16.3 Å². The zero-order valence-electron chi connectivity index (χ0n) is 15.7. The quantitative estimate of drug-likeness (QED) is 0.705. The summed E-state index contributed by atoms with van der Waals surface area (Å²) in [6.07, 6.45) is 12.2. The summed E-state index contributed by atoms with van der Waals surface area (Å²) in [5.41, 5.74) is 4.64. The van der Waals surface area contributed by atoms with E-state index in [1.54, 1.807) is 4.68 Å². The molecule has 0 unspecified atom stereocenters. The third-order valence-corrected chi connectivity index (χ3v) is 4.69. The van der Waals surface area contributed by atoms with Gasteiger partial charge in [-0.1, -0.05) is 48.6 Å². The van der Waals surface area contributed by atoms with Gasteiger partial charge in [-0.15, -0.1) is 5.10 Å². The van der Waals surface area contributed by atoms with Crippen LogP contribution in [0.25, 0.3) is 23.4 Å². The smallest absolute Gasteiger partial charge is 0.232 e. The van der Waals surface area contributed by atoms with Crippen LogP contribution in [0.5, 0.6) is 5.88 Å². The summed E-state index contributed by atoms with van der Waals surface area (Å²) < 4.78 is 7.42. The Morgan fingerprint density at radius 1 is 1.15 bits per heavy atom. The van der Waals surface area contributed by atoms with Crippen molar-refractivity contribution in [3.63, 3.8) is 0 Å². The van der Waals surface area contributed by atoms with Crippen LogP contribution in [0, 0.1) is 6.92 Å². The lowest BCUT2D eigenvalue weighted by molar-refractivity contribution is 0.306. The molecule has 4 nitrogen and oxygen atoms in total. The molecule has 0 bridgehead atoms. The molecule has 4 heteroatoms. The second kappa shape index (κ2) is 7.62. The van der Waals surface area contributed by atoms with Gasteiger partial charge in [-0.2, -0.15) is 0 Å². The highest BCUT2D eigenvalue weighted by atomic mass is 16.5. The monoisotopic (exact) mass is 357 g/mol. The van der Waals surface area contributed by atoms with Crippen LogP contribution in [0.1, 0.15) is 17.5 Å². The molecule has 2 heterocycles. The van der Waals surface area contributed by atoms with Gasteiger partial charge < -0.3 is 4.74 Å². The molecule has 2 aromatic heterocycles. The van der Waals surface area contributed by atoms with Crippen molar-refractivity contribution in [3.8, 4) is 17.1 Å². The molecule has 4 rings (SSSR count). The van der Waals surface area contributed by atoms with E-state index in [1.807, 2.05) is 19.3 Å². The number of aryl methyl sites for hydroxylation is 2. The Morgan fingerprint density at radius 2 is 2.00 bits per heavy atom. The average Bonchev–Trinajstić information content (AvgIpc) is 2.95. The summed E-state index contributed by atoms with van der Waals surface area (Å²) in [5, 5.41) is 6.47. The van der Waals surface area contributed by atoms with Gasteiger partial charge in [0.2, 0.25) is 5.88 Å². The molecular weight excluding hydrogens is 334 g/mol. The third kappa shape index (κ3) is 4.00. The van der Waals surface area contributed by atoms with Gasteiger partial charge in [0.1, 0.15) is 0 Å². The largest absolute Gasteiger partial charge is 0.476 e. The van der Waals surface area contributed by atoms with Gasteiger partial charge in [-0.05, 0) is 30.5 Å². The molecule has 0 saturated carbocycles. The van der Waals surface area contributed by atoms with E-state index < -0.39 is 0 Å². The van der Waals surface area contributed by atoms with Crippen molar-refractivity contribution in [2.24, 2.45) is 7.05 Å². The molecule has 0 N–H and O–H groups in total. The molecule has 0 aliphatic heterocycles. The molecular formula is C23H23N3O. The van der Waals surface area contributed by atoms with E-state index in [-0.39, 0.29) is 0 Å². The second-order valence-corrected chi connectivity index (χ2v) is 6.79. The number of rotatable bonds is 5. The fraction of sp³-hybridized carbons (Fsp3) is 0.217. The van der Waals surface area contributed by atoms with Crippen LogP contribution in [-0.2, 0) is 13.5 Å². The van der Waals surface area contributed by atoms with E-state index >= 15 is 0 Å². The van der Waals surface area contributed by atoms with Crippen LogP contribution in [0.3, 0.4) is 0 Å². The number of pyridine rings is 1. The first-order valence-corrected chi connectivity index (χ1v) is 9.25. The number of nitrogens with zero attached hydrogens (tertiary/aromatic N) is 3. The van der Waals surface area contributed by atoms with Crippen LogP contribution in [-0.4, -0.2) is 21.4 Å².